The smallest absolute Gasteiger partial charge is 0.165 e. The lowest BCUT2D eigenvalue weighted by atomic mass is 9.87. The van der Waals surface area contributed by atoms with E-state index in [2.05, 4.69) is 17.8 Å². The van der Waals surface area contributed by atoms with Gasteiger partial charge in [0.2, 0.25) is 0 Å². The first-order chi connectivity index (χ1) is 6.84. The maximum absolute atomic E-state index is 11.1. The van der Waals surface area contributed by atoms with Gasteiger partial charge in [-0.1, -0.05) is 24.3 Å². The molecule has 2 aliphatic rings. The number of hydrogen-bond acceptors (Lipinski definition) is 2. The van der Waals surface area contributed by atoms with Gasteiger partial charge < -0.3 is 5.32 Å². The van der Waals surface area contributed by atoms with E-state index in [-0.39, 0.29) is 17.7 Å². The fraction of sp³-hybridized carbons (Fsp3) is 0.167. The molecule has 14 heavy (non-hydrogen) atoms. The first kappa shape index (κ1) is 7.80. The Bertz CT molecular complexity index is 422. The fourth-order valence-corrected chi connectivity index (χ4v) is 2.09. The van der Waals surface area contributed by atoms with E-state index in [1.807, 2.05) is 24.3 Å². The minimum atomic E-state index is -0.0217. The number of carbonyl (C=O) groups excluding carboxylic acids is 1. The summed E-state index contributed by atoms with van der Waals surface area (Å²) < 4.78 is 0. The van der Waals surface area contributed by atoms with E-state index in [0.29, 0.717) is 0 Å². The van der Waals surface area contributed by atoms with Gasteiger partial charge in [0, 0.05) is 11.6 Å². The molecule has 0 amide bonds. The van der Waals surface area contributed by atoms with Crippen LogP contribution >= 0.6 is 0 Å². The van der Waals surface area contributed by atoms with Gasteiger partial charge in [0.1, 0.15) is 0 Å². The maximum atomic E-state index is 11.1. The molecule has 2 nitrogen and oxygen atoms in total. The standard InChI is InChI=1S/C12H9NO/c14-8-5-6-10-9-3-1-2-4-11(9)13-12(10)7-8/h1-6,10,12-13H. The Morgan fingerprint density at radius 2 is 2.14 bits per heavy atom. The molecule has 1 aliphatic carbocycles. The zero-order valence-electron chi connectivity index (χ0n) is 7.53. The topological polar surface area (TPSA) is 29.1 Å². The monoisotopic (exact) mass is 183 g/mol. The minimum absolute atomic E-state index is 0.0217. The van der Waals surface area contributed by atoms with Gasteiger partial charge in [-0.25, -0.2) is 0 Å². The molecule has 0 fully saturated rings. The second-order valence-electron chi connectivity index (χ2n) is 3.60. The van der Waals surface area contributed by atoms with Crippen molar-refractivity contribution in [1.82, 2.24) is 0 Å². The number of carbonyl (C=O) groups is 1. The van der Waals surface area contributed by atoms with Gasteiger partial charge in [-0.3, -0.25) is 4.79 Å². The average Bonchev–Trinajstić information content (AvgIpc) is 2.54. The average molecular weight is 183 g/mol. The van der Waals surface area contributed by atoms with Crippen molar-refractivity contribution in [2.45, 2.75) is 12.0 Å². The Balaban J connectivity index is 2.07. The Hall–Kier alpha value is -1.57. The molecular formula is C12H9NO. The van der Waals surface area contributed by atoms with Crippen LogP contribution < -0.4 is 5.32 Å². The van der Waals surface area contributed by atoms with Crippen LogP contribution in [-0.4, -0.2) is 11.8 Å². The lowest BCUT2D eigenvalue weighted by molar-refractivity contribution is -0.112. The third-order valence-electron chi connectivity index (χ3n) is 2.74. The Morgan fingerprint density at radius 1 is 1.29 bits per heavy atom. The number of benzene rings is 1. The van der Waals surface area contributed by atoms with E-state index in [4.69, 9.17) is 0 Å². The quantitative estimate of drug-likeness (QED) is 0.664. The lowest BCUT2D eigenvalue weighted by Crippen LogP contribution is -2.26. The summed E-state index contributed by atoms with van der Waals surface area (Å²) in [6, 6.07) is 8.18. The van der Waals surface area contributed by atoms with Gasteiger partial charge in [0.05, 0.1) is 12.5 Å². The molecule has 1 aliphatic heterocycles. The molecule has 0 bridgehead atoms. The van der Waals surface area contributed by atoms with Crippen LogP contribution in [0.2, 0.25) is 0 Å². The van der Waals surface area contributed by atoms with Gasteiger partial charge in [-0.05, 0) is 17.7 Å². The largest absolute Gasteiger partial charge is 0.380 e. The number of allylic oxidation sites excluding steroid dienone is 1. The summed E-state index contributed by atoms with van der Waals surface area (Å²) in [6.45, 7) is 0. The Kier molecular flexibility index (Phi) is 1.51. The number of anilines is 1. The zero-order valence-corrected chi connectivity index (χ0v) is 7.53. The zero-order chi connectivity index (χ0) is 9.54. The van der Waals surface area contributed by atoms with Crippen molar-refractivity contribution in [3.63, 3.8) is 0 Å². The molecule has 1 N–H and O–H groups in total. The molecule has 3 rings (SSSR count). The van der Waals surface area contributed by atoms with Crippen molar-refractivity contribution < 1.29 is 4.79 Å². The molecule has 2 unspecified atom stereocenters. The predicted molar refractivity (Wildman–Crippen MR) is 54.0 cm³/mol. The summed E-state index contributed by atoms with van der Waals surface area (Å²) in [4.78, 5) is 11.1. The van der Waals surface area contributed by atoms with E-state index >= 15 is 0 Å². The minimum Gasteiger partial charge on any atom is -0.380 e. The summed E-state index contributed by atoms with van der Waals surface area (Å²) in [5.41, 5.74) is 2.38. The third-order valence-corrected chi connectivity index (χ3v) is 2.74. The van der Waals surface area contributed by atoms with Crippen molar-refractivity contribution in [2.75, 3.05) is 5.32 Å². The van der Waals surface area contributed by atoms with Crippen molar-refractivity contribution >= 4 is 11.5 Å². The number of nitrogens with one attached hydrogen (secondary N) is 1. The van der Waals surface area contributed by atoms with Gasteiger partial charge >= 0.3 is 0 Å². The lowest BCUT2D eigenvalue weighted by Gasteiger charge is -2.18. The van der Waals surface area contributed by atoms with Gasteiger partial charge in [0.25, 0.3) is 0 Å². The number of para-hydroxylation sites is 1. The first-order valence-electron chi connectivity index (χ1n) is 4.69. The van der Waals surface area contributed by atoms with Crippen LogP contribution in [-0.2, 0) is 4.79 Å². The summed E-state index contributed by atoms with van der Waals surface area (Å²) >= 11 is 0. The summed E-state index contributed by atoms with van der Waals surface area (Å²) in [7, 11) is 0. The van der Waals surface area contributed by atoms with E-state index < -0.39 is 0 Å². The highest BCUT2D eigenvalue weighted by Crippen LogP contribution is 2.39. The molecule has 0 spiro atoms. The van der Waals surface area contributed by atoms with Crippen LogP contribution in [0.25, 0.3) is 0 Å². The van der Waals surface area contributed by atoms with Crippen molar-refractivity contribution in [3.05, 3.63) is 48.4 Å². The number of fused-ring (bicyclic) bond motifs is 3. The van der Waals surface area contributed by atoms with E-state index in [1.165, 1.54) is 5.56 Å². The molecule has 2 radical (unpaired) electrons. The van der Waals surface area contributed by atoms with Crippen LogP contribution in [0.4, 0.5) is 5.69 Å². The second kappa shape index (κ2) is 2.71. The molecule has 1 aromatic rings. The van der Waals surface area contributed by atoms with Crippen molar-refractivity contribution in [1.29, 1.82) is 0 Å². The second-order valence-corrected chi connectivity index (χ2v) is 3.60. The third kappa shape index (κ3) is 1.00. The van der Waals surface area contributed by atoms with Crippen LogP contribution in [0, 0.1) is 6.42 Å². The van der Waals surface area contributed by atoms with Crippen molar-refractivity contribution in [2.24, 2.45) is 0 Å². The Morgan fingerprint density at radius 3 is 3.07 bits per heavy atom. The van der Waals surface area contributed by atoms with E-state index in [9.17, 15) is 4.79 Å². The first-order valence-corrected chi connectivity index (χ1v) is 4.69. The molecule has 0 saturated carbocycles. The molecule has 2 heteroatoms. The summed E-state index contributed by atoms with van der Waals surface area (Å²) in [6.07, 6.45) is 6.45. The molecule has 1 heterocycles. The van der Waals surface area contributed by atoms with Crippen LogP contribution in [0.15, 0.2) is 36.4 Å². The van der Waals surface area contributed by atoms with Crippen LogP contribution in [0.3, 0.4) is 0 Å². The highest BCUT2D eigenvalue weighted by atomic mass is 16.1. The Labute approximate surface area is 82.6 Å². The van der Waals surface area contributed by atoms with E-state index in [1.54, 1.807) is 6.08 Å². The van der Waals surface area contributed by atoms with E-state index in [0.717, 1.165) is 5.69 Å². The molecule has 2 atom stereocenters. The number of hydrogen-bond donors (Lipinski definition) is 1. The van der Waals surface area contributed by atoms with Gasteiger partial charge in [0.15, 0.2) is 5.78 Å². The maximum Gasteiger partial charge on any atom is 0.165 e. The SMILES string of the molecule is O=C1[C]C2Nc3ccccc3C2C=C1. The van der Waals surface area contributed by atoms with Crippen LogP contribution in [0.1, 0.15) is 11.5 Å². The number of rotatable bonds is 0. The molecule has 1 aromatic carbocycles. The van der Waals surface area contributed by atoms with Crippen molar-refractivity contribution in [3.8, 4) is 0 Å². The van der Waals surface area contributed by atoms with Gasteiger partial charge in [-0.2, -0.15) is 0 Å². The van der Waals surface area contributed by atoms with Crippen LogP contribution in [0.5, 0.6) is 0 Å². The normalized spacial score (nSPS) is 28.1. The summed E-state index contributed by atoms with van der Waals surface area (Å²) in [5, 5.41) is 3.28. The highest BCUT2D eigenvalue weighted by Gasteiger charge is 2.34. The number of ketones is 1. The van der Waals surface area contributed by atoms with Gasteiger partial charge in [-0.15, -0.1) is 0 Å². The highest BCUT2D eigenvalue weighted by molar-refractivity contribution is 6.00. The molecular weight excluding hydrogens is 174 g/mol. The molecule has 68 valence electrons. The fourth-order valence-electron chi connectivity index (χ4n) is 2.09. The predicted octanol–water partition coefficient (Wildman–Crippen LogP) is 1.78. The molecule has 0 saturated heterocycles. The molecule has 0 aromatic heterocycles. The summed E-state index contributed by atoms with van der Waals surface area (Å²) in [5.74, 6) is 0.260.